The molecular weight excluding hydrogens is 200 g/mol. The molecule has 0 bridgehead atoms. The molecule has 1 unspecified atom stereocenters. The second-order valence-corrected chi connectivity index (χ2v) is 5.05. The maximum atomic E-state index is 11.6. The minimum Gasteiger partial charge on any atom is -0.322 e. The van der Waals surface area contributed by atoms with Crippen LogP contribution in [-0.4, -0.2) is 35.5 Å². The van der Waals surface area contributed by atoms with E-state index in [1.165, 1.54) is 4.90 Å². The lowest BCUT2D eigenvalue weighted by atomic mass is 10.3. The monoisotopic (exact) mass is 218 g/mol. The van der Waals surface area contributed by atoms with Crippen LogP contribution >= 0.6 is 11.8 Å². The van der Waals surface area contributed by atoms with Crippen molar-refractivity contribution in [2.24, 2.45) is 11.1 Å². The minimum absolute atomic E-state index is 0.0322. The lowest BCUT2D eigenvalue weighted by Gasteiger charge is -2.18. The van der Waals surface area contributed by atoms with Crippen molar-refractivity contribution in [1.82, 2.24) is 4.90 Å². The maximum absolute atomic E-state index is 11.6. The van der Waals surface area contributed by atoms with Gasteiger partial charge in [-0.05, 0) is 23.8 Å². The average Bonchev–Trinajstić information content (AvgIpc) is 2.13. The van der Waals surface area contributed by atoms with E-state index in [0.717, 1.165) is 5.75 Å². The van der Waals surface area contributed by atoms with Gasteiger partial charge in [-0.1, -0.05) is 13.8 Å². The first-order valence-electron chi connectivity index (χ1n) is 4.64. The Morgan fingerprint density at radius 2 is 2.00 bits per heavy atom. The summed E-state index contributed by atoms with van der Waals surface area (Å²) in [6.45, 7) is 6.02. The number of thioether (sulfide) groups is 1. The van der Waals surface area contributed by atoms with Gasteiger partial charge in [0.15, 0.2) is 6.67 Å². The molecule has 14 heavy (non-hydrogen) atoms. The van der Waals surface area contributed by atoms with E-state index in [4.69, 9.17) is 0 Å². The van der Waals surface area contributed by atoms with Crippen molar-refractivity contribution in [1.29, 1.82) is 0 Å². The Balaban J connectivity index is 3.91. The Morgan fingerprint density at radius 1 is 1.43 bits per heavy atom. The molecule has 0 rings (SSSR count). The molecule has 0 heterocycles. The predicted molar refractivity (Wildman–Crippen MR) is 60.2 cm³/mol. The summed E-state index contributed by atoms with van der Waals surface area (Å²) in [6, 6.07) is 0. The largest absolute Gasteiger partial charge is 0.322 e. The van der Waals surface area contributed by atoms with Gasteiger partial charge in [-0.25, -0.2) is 0 Å². The summed E-state index contributed by atoms with van der Waals surface area (Å²) >= 11 is 1.61. The van der Waals surface area contributed by atoms with Crippen molar-refractivity contribution in [2.75, 3.05) is 19.5 Å². The average molecular weight is 218 g/mol. The number of amides is 1. The predicted octanol–water partition coefficient (Wildman–Crippen LogP) is 1.95. The van der Waals surface area contributed by atoms with Gasteiger partial charge in [-0.2, -0.15) is 0 Å². The number of nitroso groups, excluding NO2 is 1. The highest BCUT2D eigenvalue weighted by Gasteiger charge is 2.17. The Morgan fingerprint density at radius 3 is 2.43 bits per heavy atom. The zero-order valence-corrected chi connectivity index (χ0v) is 10.0. The van der Waals surface area contributed by atoms with Crippen molar-refractivity contribution in [3.8, 4) is 0 Å². The lowest BCUT2D eigenvalue weighted by molar-refractivity contribution is -0.128. The van der Waals surface area contributed by atoms with E-state index in [0.29, 0.717) is 5.92 Å². The highest BCUT2D eigenvalue weighted by molar-refractivity contribution is 8.00. The number of carbonyl (C=O) groups excluding carboxylic acids is 1. The van der Waals surface area contributed by atoms with Crippen molar-refractivity contribution in [3.63, 3.8) is 0 Å². The summed E-state index contributed by atoms with van der Waals surface area (Å²) in [5.74, 6) is 1.50. The molecule has 82 valence electrons. The topological polar surface area (TPSA) is 49.7 Å². The van der Waals surface area contributed by atoms with Gasteiger partial charge >= 0.3 is 0 Å². The van der Waals surface area contributed by atoms with Gasteiger partial charge in [0.1, 0.15) is 0 Å². The van der Waals surface area contributed by atoms with Gasteiger partial charge in [0.05, 0.1) is 5.25 Å². The van der Waals surface area contributed by atoms with E-state index in [2.05, 4.69) is 19.0 Å². The molecule has 0 radical (unpaired) electrons. The third-order valence-electron chi connectivity index (χ3n) is 1.67. The molecule has 0 N–H and O–H groups in total. The van der Waals surface area contributed by atoms with Gasteiger partial charge in [0, 0.05) is 7.05 Å². The fourth-order valence-electron chi connectivity index (χ4n) is 0.875. The molecule has 1 atom stereocenters. The number of hydrogen-bond acceptors (Lipinski definition) is 4. The van der Waals surface area contributed by atoms with Crippen LogP contribution in [0.3, 0.4) is 0 Å². The highest BCUT2D eigenvalue weighted by atomic mass is 32.2. The summed E-state index contributed by atoms with van der Waals surface area (Å²) in [4.78, 5) is 22.9. The van der Waals surface area contributed by atoms with Crippen LogP contribution in [0.4, 0.5) is 0 Å². The summed E-state index contributed by atoms with van der Waals surface area (Å²) in [5, 5.41) is 2.59. The summed E-state index contributed by atoms with van der Waals surface area (Å²) in [5.41, 5.74) is 0. The lowest BCUT2D eigenvalue weighted by Crippen LogP contribution is -2.33. The van der Waals surface area contributed by atoms with Gasteiger partial charge in [-0.3, -0.25) is 4.79 Å². The minimum atomic E-state index is -0.0934. The van der Waals surface area contributed by atoms with Crippen molar-refractivity contribution < 1.29 is 4.79 Å². The van der Waals surface area contributed by atoms with Crippen LogP contribution in [0.2, 0.25) is 0 Å². The number of nitrogens with zero attached hydrogens (tertiary/aromatic N) is 2. The molecule has 0 aromatic rings. The molecule has 0 aromatic carbocycles. The second-order valence-electron chi connectivity index (χ2n) is 3.68. The molecule has 5 heteroatoms. The fourth-order valence-corrected chi connectivity index (χ4v) is 1.87. The maximum Gasteiger partial charge on any atom is 0.236 e. The molecule has 0 aliphatic rings. The van der Waals surface area contributed by atoms with E-state index in [1.54, 1.807) is 18.8 Å². The van der Waals surface area contributed by atoms with E-state index < -0.39 is 0 Å². The smallest absolute Gasteiger partial charge is 0.236 e. The molecule has 0 aliphatic heterocycles. The zero-order valence-electron chi connectivity index (χ0n) is 9.19. The van der Waals surface area contributed by atoms with Crippen LogP contribution in [0, 0.1) is 10.8 Å². The molecule has 4 nitrogen and oxygen atoms in total. The van der Waals surface area contributed by atoms with E-state index in [9.17, 15) is 9.70 Å². The van der Waals surface area contributed by atoms with Crippen LogP contribution < -0.4 is 0 Å². The first kappa shape index (κ1) is 13.4. The summed E-state index contributed by atoms with van der Waals surface area (Å²) in [6.07, 6.45) is 0. The first-order chi connectivity index (χ1) is 6.49. The highest BCUT2D eigenvalue weighted by Crippen LogP contribution is 2.16. The fraction of sp³-hybridized carbons (Fsp3) is 0.889. The molecule has 0 saturated carbocycles. The molecule has 1 amide bonds. The van der Waals surface area contributed by atoms with E-state index in [-0.39, 0.29) is 17.8 Å². The molecular formula is C9H18N2O2S. The van der Waals surface area contributed by atoms with Crippen LogP contribution in [0.25, 0.3) is 0 Å². The zero-order chi connectivity index (χ0) is 11.1. The van der Waals surface area contributed by atoms with Gasteiger partial charge in [-0.15, -0.1) is 16.7 Å². The number of hydrogen-bond donors (Lipinski definition) is 0. The first-order valence-corrected chi connectivity index (χ1v) is 5.69. The van der Waals surface area contributed by atoms with E-state index in [1.807, 2.05) is 6.92 Å². The van der Waals surface area contributed by atoms with Gasteiger partial charge < -0.3 is 4.90 Å². The summed E-state index contributed by atoms with van der Waals surface area (Å²) in [7, 11) is 1.59. The van der Waals surface area contributed by atoms with Crippen molar-refractivity contribution in [2.45, 2.75) is 26.0 Å². The Hall–Kier alpha value is -0.580. The molecule has 0 spiro atoms. The Labute approximate surface area is 89.4 Å². The normalized spacial score (nSPS) is 12.6. The van der Waals surface area contributed by atoms with Crippen LogP contribution in [0.1, 0.15) is 20.8 Å². The quantitative estimate of drug-likeness (QED) is 0.640. The second kappa shape index (κ2) is 6.81. The van der Waals surface area contributed by atoms with Crippen molar-refractivity contribution in [3.05, 3.63) is 4.91 Å². The standard InChI is InChI=1S/C9H18N2O2S/c1-7(2)5-14-8(3)9(12)11(4)6-10-13/h7-8H,5-6H2,1-4H3. The van der Waals surface area contributed by atoms with Gasteiger partial charge in [0.25, 0.3) is 0 Å². The van der Waals surface area contributed by atoms with E-state index >= 15 is 0 Å². The van der Waals surface area contributed by atoms with Crippen LogP contribution in [0.5, 0.6) is 0 Å². The molecule has 0 aliphatic carbocycles. The van der Waals surface area contributed by atoms with Crippen LogP contribution in [-0.2, 0) is 4.79 Å². The number of carbonyl (C=O) groups is 1. The number of rotatable bonds is 6. The Kier molecular flexibility index (Phi) is 6.53. The van der Waals surface area contributed by atoms with Gasteiger partial charge in [0.2, 0.25) is 5.91 Å². The SMILES string of the molecule is CC(C)CSC(C)C(=O)N(C)CN=O. The molecule has 0 aromatic heterocycles. The molecule has 0 saturated heterocycles. The summed E-state index contributed by atoms with van der Waals surface area (Å²) < 4.78 is 0. The van der Waals surface area contributed by atoms with Crippen LogP contribution in [0.15, 0.2) is 5.18 Å². The van der Waals surface area contributed by atoms with Crippen molar-refractivity contribution >= 4 is 17.7 Å². The third kappa shape index (κ3) is 5.21. The molecule has 0 fully saturated rings. The third-order valence-corrected chi connectivity index (χ3v) is 3.23. The Bertz CT molecular complexity index is 197.